The van der Waals surface area contributed by atoms with E-state index in [0.29, 0.717) is 12.8 Å². The van der Waals surface area contributed by atoms with Gasteiger partial charge in [-0.15, -0.1) is 0 Å². The van der Waals surface area contributed by atoms with Crippen molar-refractivity contribution >= 4 is 9.84 Å². The van der Waals surface area contributed by atoms with Gasteiger partial charge in [0.2, 0.25) is 0 Å². The summed E-state index contributed by atoms with van der Waals surface area (Å²) in [7, 11) is -3.32. The van der Waals surface area contributed by atoms with Crippen molar-refractivity contribution in [2.45, 2.75) is 43.2 Å². The molecule has 0 radical (unpaired) electrons. The first-order valence-corrected chi connectivity index (χ1v) is 7.01. The Bertz CT molecular complexity index is 336. The van der Waals surface area contributed by atoms with E-state index in [9.17, 15) is 21.6 Å². The van der Waals surface area contributed by atoms with E-state index >= 15 is 0 Å². The van der Waals surface area contributed by atoms with Gasteiger partial charge in [-0.3, -0.25) is 0 Å². The number of aliphatic hydroxyl groups excluding tert-OH is 1. The number of hydrogen-bond donors (Lipinski definition) is 1. The lowest BCUT2D eigenvalue weighted by Gasteiger charge is -2.32. The minimum atomic E-state index is -4.66. The average molecular weight is 260 g/mol. The van der Waals surface area contributed by atoms with Crippen molar-refractivity contribution in [3.05, 3.63) is 0 Å². The second-order valence-corrected chi connectivity index (χ2v) is 6.69. The number of aliphatic hydroxyl groups is 1. The molecule has 3 atom stereocenters. The molecule has 0 saturated heterocycles. The van der Waals surface area contributed by atoms with Crippen LogP contribution in [0.15, 0.2) is 0 Å². The van der Waals surface area contributed by atoms with Gasteiger partial charge in [0.1, 0.15) is 9.84 Å². The highest BCUT2D eigenvalue weighted by atomic mass is 32.2. The third kappa shape index (κ3) is 3.35. The van der Waals surface area contributed by atoms with Crippen molar-refractivity contribution in [1.82, 2.24) is 0 Å². The van der Waals surface area contributed by atoms with E-state index in [1.807, 2.05) is 0 Å². The smallest absolute Gasteiger partial charge is 0.383 e. The predicted molar refractivity (Wildman–Crippen MR) is 52.7 cm³/mol. The van der Waals surface area contributed by atoms with E-state index in [-0.39, 0.29) is 12.8 Å². The van der Waals surface area contributed by atoms with Crippen LogP contribution in [0.25, 0.3) is 0 Å². The van der Waals surface area contributed by atoms with E-state index in [1.54, 1.807) is 0 Å². The molecule has 0 bridgehead atoms. The first kappa shape index (κ1) is 13.8. The third-order valence-corrected chi connectivity index (χ3v) is 4.69. The van der Waals surface area contributed by atoms with E-state index in [1.165, 1.54) is 0 Å². The van der Waals surface area contributed by atoms with Gasteiger partial charge in [0.05, 0.1) is 5.25 Å². The van der Waals surface area contributed by atoms with Crippen molar-refractivity contribution in [2.75, 3.05) is 6.26 Å². The van der Waals surface area contributed by atoms with Crippen LogP contribution in [0.5, 0.6) is 0 Å². The van der Waals surface area contributed by atoms with Crippen LogP contribution in [-0.2, 0) is 9.84 Å². The third-order valence-electron chi connectivity index (χ3n) is 3.05. The van der Waals surface area contributed by atoms with Gasteiger partial charge in [-0.1, -0.05) is 6.42 Å². The van der Waals surface area contributed by atoms with Gasteiger partial charge in [-0.2, -0.15) is 13.2 Å². The van der Waals surface area contributed by atoms with Crippen molar-refractivity contribution < 1.29 is 26.7 Å². The molecule has 0 aliphatic heterocycles. The monoisotopic (exact) mass is 260 g/mol. The molecule has 1 N–H and O–H groups in total. The van der Waals surface area contributed by atoms with Gasteiger partial charge in [-0.05, 0) is 25.2 Å². The zero-order chi connectivity index (χ0) is 12.6. The molecule has 2 unspecified atom stereocenters. The van der Waals surface area contributed by atoms with Gasteiger partial charge < -0.3 is 5.11 Å². The summed E-state index contributed by atoms with van der Waals surface area (Å²) in [5.74, 6) is -0.992. The highest BCUT2D eigenvalue weighted by molar-refractivity contribution is 7.91. The zero-order valence-electron chi connectivity index (χ0n) is 8.87. The Balaban J connectivity index is 2.72. The predicted octanol–water partition coefficient (Wildman–Crippen LogP) is 1.51. The van der Waals surface area contributed by atoms with Crippen molar-refractivity contribution in [3.63, 3.8) is 0 Å². The maximum atomic E-state index is 12.3. The van der Waals surface area contributed by atoms with Crippen LogP contribution in [-0.4, -0.2) is 37.3 Å². The first-order chi connectivity index (χ1) is 7.12. The molecule has 1 saturated carbocycles. The Hall–Kier alpha value is -0.300. The van der Waals surface area contributed by atoms with Crippen LogP contribution >= 0.6 is 0 Å². The summed E-state index contributed by atoms with van der Waals surface area (Å²) in [6, 6.07) is 0. The van der Waals surface area contributed by atoms with Crippen LogP contribution in [0.1, 0.15) is 25.7 Å². The molecule has 1 fully saturated rings. The molecule has 96 valence electrons. The average Bonchev–Trinajstić information content (AvgIpc) is 2.14. The zero-order valence-corrected chi connectivity index (χ0v) is 9.68. The second-order valence-electron chi connectivity index (χ2n) is 4.36. The molecule has 1 aliphatic rings. The van der Waals surface area contributed by atoms with Gasteiger partial charge in [0.15, 0.2) is 6.10 Å². The minimum absolute atomic E-state index is 0.0977. The summed E-state index contributed by atoms with van der Waals surface area (Å²) in [5.41, 5.74) is 0. The molecule has 1 rings (SSSR count). The van der Waals surface area contributed by atoms with Crippen LogP contribution in [0, 0.1) is 5.92 Å². The molecular weight excluding hydrogens is 245 g/mol. The number of rotatable bonds is 2. The number of sulfone groups is 1. The molecule has 7 heteroatoms. The topological polar surface area (TPSA) is 54.4 Å². The normalized spacial score (nSPS) is 30.1. The first-order valence-electron chi connectivity index (χ1n) is 5.06. The number of hydrogen-bond acceptors (Lipinski definition) is 3. The summed E-state index contributed by atoms with van der Waals surface area (Å²) >= 11 is 0. The molecule has 0 heterocycles. The summed E-state index contributed by atoms with van der Waals surface area (Å²) in [6.07, 6.45) is -5.11. The lowest BCUT2D eigenvalue weighted by atomic mass is 9.84. The van der Waals surface area contributed by atoms with E-state index in [2.05, 4.69) is 0 Å². The highest BCUT2D eigenvalue weighted by Gasteiger charge is 2.45. The lowest BCUT2D eigenvalue weighted by Crippen LogP contribution is -2.40. The SMILES string of the molecule is CS(=O)(=O)C1CCCC([C@H](O)C(F)(F)F)C1. The molecule has 0 aromatic rings. The van der Waals surface area contributed by atoms with Gasteiger partial charge >= 0.3 is 6.18 Å². The molecule has 1 aliphatic carbocycles. The minimum Gasteiger partial charge on any atom is -0.383 e. The maximum absolute atomic E-state index is 12.3. The fourth-order valence-electron chi connectivity index (χ4n) is 2.12. The van der Waals surface area contributed by atoms with Crippen LogP contribution in [0.4, 0.5) is 13.2 Å². The van der Waals surface area contributed by atoms with Crippen LogP contribution in [0.2, 0.25) is 0 Å². The molecule has 0 aromatic heterocycles. The highest BCUT2D eigenvalue weighted by Crippen LogP contribution is 2.36. The van der Waals surface area contributed by atoms with Crippen molar-refractivity contribution in [3.8, 4) is 0 Å². The van der Waals surface area contributed by atoms with Crippen LogP contribution < -0.4 is 0 Å². The van der Waals surface area contributed by atoms with Crippen molar-refractivity contribution in [1.29, 1.82) is 0 Å². The standard InChI is InChI=1S/C9H15F3O3S/c1-16(14,15)7-4-2-3-6(5-7)8(13)9(10,11)12/h6-8,13H,2-5H2,1H3/t6?,7?,8-/m0/s1. The Morgan fingerprint density at radius 1 is 1.31 bits per heavy atom. The van der Waals surface area contributed by atoms with Crippen LogP contribution in [0.3, 0.4) is 0 Å². The maximum Gasteiger partial charge on any atom is 0.414 e. The summed E-state index contributed by atoms with van der Waals surface area (Å²) in [5, 5.41) is 8.33. The summed E-state index contributed by atoms with van der Waals surface area (Å²) < 4.78 is 59.3. The number of alkyl halides is 3. The van der Waals surface area contributed by atoms with Gasteiger partial charge in [0.25, 0.3) is 0 Å². The van der Waals surface area contributed by atoms with E-state index < -0.39 is 33.3 Å². The largest absolute Gasteiger partial charge is 0.414 e. The number of halogens is 3. The molecular formula is C9H15F3O3S. The molecule has 0 spiro atoms. The molecule has 3 nitrogen and oxygen atoms in total. The lowest BCUT2D eigenvalue weighted by molar-refractivity contribution is -0.221. The van der Waals surface area contributed by atoms with Gasteiger partial charge in [0, 0.05) is 6.26 Å². The fraction of sp³-hybridized carbons (Fsp3) is 1.00. The van der Waals surface area contributed by atoms with Crippen molar-refractivity contribution in [2.24, 2.45) is 5.92 Å². The Morgan fingerprint density at radius 3 is 2.31 bits per heavy atom. The Morgan fingerprint density at radius 2 is 1.88 bits per heavy atom. The van der Waals surface area contributed by atoms with Gasteiger partial charge in [-0.25, -0.2) is 8.42 Å². The van der Waals surface area contributed by atoms with E-state index in [4.69, 9.17) is 5.11 Å². The van der Waals surface area contributed by atoms with E-state index in [0.717, 1.165) is 6.26 Å². The summed E-state index contributed by atoms with van der Waals surface area (Å²) in [6.45, 7) is 0. The Labute approximate surface area is 92.6 Å². The fourth-order valence-corrected chi connectivity index (χ4v) is 3.32. The second kappa shape index (κ2) is 4.52. The Kier molecular flexibility index (Phi) is 3.89. The molecule has 16 heavy (non-hydrogen) atoms. The molecule has 0 aromatic carbocycles. The summed E-state index contributed by atoms with van der Waals surface area (Å²) in [4.78, 5) is 0. The molecule has 0 amide bonds. The quantitative estimate of drug-likeness (QED) is 0.819.